The number of hydrogen-bond acceptors (Lipinski definition) is 4. The van der Waals surface area contributed by atoms with E-state index in [2.05, 4.69) is 0 Å². The molecule has 2 aromatic rings. The molecule has 0 bridgehead atoms. The topological polar surface area (TPSA) is 83.7 Å². The summed E-state index contributed by atoms with van der Waals surface area (Å²) < 4.78 is 36.1. The minimum Gasteiger partial charge on any atom is -0.362 e. The van der Waals surface area contributed by atoms with Crippen molar-refractivity contribution in [2.24, 2.45) is 5.14 Å². The smallest absolute Gasteiger partial charge is 0.242 e. The van der Waals surface area contributed by atoms with Gasteiger partial charge in [0, 0.05) is 19.3 Å². The predicted molar refractivity (Wildman–Crippen MR) is 101 cm³/mol. The Morgan fingerprint density at radius 3 is 2.56 bits per heavy atom. The van der Waals surface area contributed by atoms with Gasteiger partial charge in [-0.3, -0.25) is 4.79 Å². The number of fused-ring (bicyclic) bond motifs is 1. The van der Waals surface area contributed by atoms with Gasteiger partial charge in [-0.2, -0.15) is 0 Å². The second-order valence-electron chi connectivity index (χ2n) is 6.74. The summed E-state index contributed by atoms with van der Waals surface area (Å²) in [6.45, 7) is 2.71. The molecule has 3 rings (SSSR count). The highest BCUT2D eigenvalue weighted by molar-refractivity contribution is 7.89. The van der Waals surface area contributed by atoms with E-state index >= 15 is 0 Å². The molecule has 6 nitrogen and oxygen atoms in total. The Morgan fingerprint density at radius 1 is 1.26 bits per heavy atom. The van der Waals surface area contributed by atoms with Crippen LogP contribution in [0.25, 0.3) is 0 Å². The first-order valence-electron chi connectivity index (χ1n) is 8.58. The van der Waals surface area contributed by atoms with E-state index in [1.807, 2.05) is 11.8 Å². The first kappa shape index (κ1) is 19.3. The summed E-state index contributed by atoms with van der Waals surface area (Å²) in [6.07, 6.45) is 0.656. The van der Waals surface area contributed by atoms with Gasteiger partial charge in [0.25, 0.3) is 0 Å². The van der Waals surface area contributed by atoms with Gasteiger partial charge in [-0.25, -0.2) is 17.9 Å². The Kier molecular flexibility index (Phi) is 5.21. The van der Waals surface area contributed by atoms with Crippen LogP contribution in [-0.2, 0) is 21.2 Å². The standard InChI is InChI=1S/C19H22FN3O3S/c1-13(14-3-5-16(20)6-4-14)22(2)19(24)12-23-10-9-15-11-17(27(21,25)26)7-8-18(15)23/h3-8,11,13H,9-10,12H2,1-2H3,(H2,21,25,26). The lowest BCUT2D eigenvalue weighted by molar-refractivity contribution is -0.130. The van der Waals surface area contributed by atoms with Crippen LogP contribution in [0.2, 0.25) is 0 Å². The van der Waals surface area contributed by atoms with Crippen molar-refractivity contribution < 1.29 is 17.6 Å². The molecule has 2 N–H and O–H groups in total. The molecular formula is C19H22FN3O3S. The number of rotatable bonds is 5. The number of primary sulfonamides is 1. The molecule has 0 radical (unpaired) electrons. The van der Waals surface area contributed by atoms with Crippen LogP contribution in [-0.4, -0.2) is 39.4 Å². The Balaban J connectivity index is 1.71. The number of likely N-dealkylation sites (N-methyl/N-ethyl adjacent to an activating group) is 1. The van der Waals surface area contributed by atoms with E-state index in [1.54, 1.807) is 36.2 Å². The molecule has 0 spiro atoms. The Bertz CT molecular complexity index is 961. The lowest BCUT2D eigenvalue weighted by atomic mass is 10.1. The second-order valence-corrected chi connectivity index (χ2v) is 8.30. The molecule has 1 heterocycles. The van der Waals surface area contributed by atoms with Crippen LogP contribution in [0.15, 0.2) is 47.4 Å². The Morgan fingerprint density at radius 2 is 1.93 bits per heavy atom. The monoisotopic (exact) mass is 391 g/mol. The molecular weight excluding hydrogens is 369 g/mol. The van der Waals surface area contributed by atoms with Gasteiger partial charge in [-0.1, -0.05) is 12.1 Å². The number of carbonyl (C=O) groups is 1. The minimum absolute atomic E-state index is 0.0739. The van der Waals surface area contributed by atoms with Crippen molar-refractivity contribution in [1.82, 2.24) is 4.90 Å². The number of amides is 1. The van der Waals surface area contributed by atoms with Gasteiger partial charge < -0.3 is 9.80 Å². The lowest BCUT2D eigenvalue weighted by Crippen LogP contribution is -2.39. The van der Waals surface area contributed by atoms with Crippen LogP contribution in [0.4, 0.5) is 10.1 Å². The van der Waals surface area contributed by atoms with Gasteiger partial charge in [0.2, 0.25) is 15.9 Å². The van der Waals surface area contributed by atoms with Crippen LogP contribution in [0.1, 0.15) is 24.1 Å². The SMILES string of the molecule is CC(c1ccc(F)cc1)N(C)C(=O)CN1CCc2cc(S(N)(=O)=O)ccc21. The predicted octanol–water partition coefficient (Wildman–Crippen LogP) is 2.06. The zero-order valence-corrected chi connectivity index (χ0v) is 16.0. The van der Waals surface area contributed by atoms with Gasteiger partial charge in [0.1, 0.15) is 5.82 Å². The Hall–Kier alpha value is -2.45. The minimum atomic E-state index is -3.74. The van der Waals surface area contributed by atoms with Gasteiger partial charge >= 0.3 is 0 Å². The number of sulfonamides is 1. The molecule has 0 aromatic heterocycles. The molecule has 8 heteroatoms. The number of carbonyl (C=O) groups excluding carboxylic acids is 1. The number of nitrogens with two attached hydrogens (primary N) is 1. The van der Waals surface area contributed by atoms with Crippen molar-refractivity contribution in [3.63, 3.8) is 0 Å². The highest BCUT2D eigenvalue weighted by Gasteiger charge is 2.25. The quantitative estimate of drug-likeness (QED) is 0.846. The van der Waals surface area contributed by atoms with Crippen LogP contribution in [0, 0.1) is 5.82 Å². The maximum absolute atomic E-state index is 13.1. The zero-order valence-electron chi connectivity index (χ0n) is 15.2. The van der Waals surface area contributed by atoms with Crippen molar-refractivity contribution in [1.29, 1.82) is 0 Å². The number of hydrogen-bond donors (Lipinski definition) is 1. The fraction of sp³-hybridized carbons (Fsp3) is 0.316. The number of halogens is 1. The Labute approximate surface area is 158 Å². The van der Waals surface area contributed by atoms with E-state index in [4.69, 9.17) is 5.14 Å². The van der Waals surface area contributed by atoms with E-state index < -0.39 is 10.0 Å². The maximum Gasteiger partial charge on any atom is 0.242 e. The average Bonchev–Trinajstić information content (AvgIpc) is 3.02. The van der Waals surface area contributed by atoms with E-state index in [1.165, 1.54) is 18.2 Å². The number of anilines is 1. The summed E-state index contributed by atoms with van der Waals surface area (Å²) >= 11 is 0. The van der Waals surface area contributed by atoms with Gasteiger partial charge in [0.15, 0.2) is 0 Å². The molecule has 0 fully saturated rings. The molecule has 1 aliphatic heterocycles. The first-order valence-corrected chi connectivity index (χ1v) is 10.1. The van der Waals surface area contributed by atoms with Crippen molar-refractivity contribution in [3.8, 4) is 0 Å². The molecule has 1 unspecified atom stereocenters. The molecule has 0 saturated carbocycles. The van der Waals surface area contributed by atoms with Crippen molar-refractivity contribution in [2.75, 3.05) is 25.0 Å². The summed E-state index contributed by atoms with van der Waals surface area (Å²) in [6, 6.07) is 10.6. The van der Waals surface area contributed by atoms with Crippen molar-refractivity contribution in [2.45, 2.75) is 24.3 Å². The van der Waals surface area contributed by atoms with Crippen LogP contribution in [0.3, 0.4) is 0 Å². The summed E-state index contributed by atoms with van der Waals surface area (Å²) in [5.74, 6) is -0.386. The zero-order chi connectivity index (χ0) is 19.8. The van der Waals surface area contributed by atoms with Crippen LogP contribution < -0.4 is 10.0 Å². The lowest BCUT2D eigenvalue weighted by Gasteiger charge is -2.28. The summed E-state index contributed by atoms with van der Waals surface area (Å²) in [4.78, 5) is 16.3. The highest BCUT2D eigenvalue weighted by Crippen LogP contribution is 2.30. The fourth-order valence-corrected chi connectivity index (χ4v) is 3.81. The average molecular weight is 391 g/mol. The number of nitrogens with zero attached hydrogens (tertiary/aromatic N) is 2. The van der Waals surface area contributed by atoms with Gasteiger partial charge in [-0.15, -0.1) is 0 Å². The molecule has 0 aliphatic carbocycles. The van der Waals surface area contributed by atoms with Crippen molar-refractivity contribution in [3.05, 3.63) is 59.4 Å². The number of benzene rings is 2. The fourth-order valence-electron chi connectivity index (χ4n) is 3.24. The summed E-state index contributed by atoms with van der Waals surface area (Å²) in [7, 11) is -2.02. The van der Waals surface area contributed by atoms with Crippen molar-refractivity contribution >= 4 is 21.6 Å². The van der Waals surface area contributed by atoms with Crippen LogP contribution in [0.5, 0.6) is 0 Å². The third kappa shape index (κ3) is 4.12. The molecule has 144 valence electrons. The molecule has 1 aliphatic rings. The third-order valence-corrected chi connectivity index (χ3v) is 5.94. The normalized spacial score (nSPS) is 14.7. The van der Waals surface area contributed by atoms with Gasteiger partial charge in [-0.05, 0) is 54.8 Å². The molecule has 1 amide bonds. The van der Waals surface area contributed by atoms with Gasteiger partial charge in [0.05, 0.1) is 17.5 Å². The van der Waals surface area contributed by atoms with E-state index in [0.717, 1.165) is 16.8 Å². The molecule has 2 aromatic carbocycles. The second kappa shape index (κ2) is 7.28. The summed E-state index contributed by atoms with van der Waals surface area (Å²) in [5.41, 5.74) is 2.56. The largest absolute Gasteiger partial charge is 0.362 e. The molecule has 27 heavy (non-hydrogen) atoms. The summed E-state index contributed by atoms with van der Waals surface area (Å²) in [5, 5.41) is 5.18. The van der Waals surface area contributed by atoms with E-state index in [9.17, 15) is 17.6 Å². The molecule has 1 atom stereocenters. The third-order valence-electron chi connectivity index (χ3n) is 5.02. The molecule has 0 saturated heterocycles. The van der Waals surface area contributed by atoms with E-state index in [-0.39, 0.29) is 29.2 Å². The maximum atomic E-state index is 13.1. The highest BCUT2D eigenvalue weighted by atomic mass is 32.2. The van der Waals surface area contributed by atoms with Crippen LogP contribution >= 0.6 is 0 Å². The van der Waals surface area contributed by atoms with E-state index in [0.29, 0.717) is 13.0 Å². The first-order chi connectivity index (χ1) is 12.7.